The first-order valence-electron chi connectivity index (χ1n) is 4.21. The molecule has 0 bridgehead atoms. The maximum atomic E-state index is 10.9. The predicted octanol–water partition coefficient (Wildman–Crippen LogP) is 2.94. The van der Waals surface area contributed by atoms with E-state index in [1.54, 1.807) is 25.3 Å². The fourth-order valence-corrected chi connectivity index (χ4v) is 1.98. The van der Waals surface area contributed by atoms with Gasteiger partial charge in [0, 0.05) is 16.1 Å². The fraction of sp³-hybridized carbons (Fsp3) is 0.100. The summed E-state index contributed by atoms with van der Waals surface area (Å²) in [5.74, 6) is 0.700. The van der Waals surface area contributed by atoms with E-state index in [0.717, 1.165) is 9.86 Å². The van der Waals surface area contributed by atoms with Crippen LogP contribution < -0.4 is 4.74 Å². The average Bonchev–Trinajstić information content (AvgIpc) is 2.56. The Labute approximate surface area is 94.2 Å². The van der Waals surface area contributed by atoms with Crippen LogP contribution in [-0.4, -0.2) is 22.9 Å². The highest BCUT2D eigenvalue weighted by atomic mass is 79.9. The first-order chi connectivity index (χ1) is 7.13. The Hall–Kier alpha value is -1.49. The molecule has 0 aliphatic heterocycles. The Morgan fingerprint density at radius 1 is 1.53 bits per heavy atom. The van der Waals surface area contributed by atoms with Crippen molar-refractivity contribution in [1.82, 2.24) is 4.57 Å². The van der Waals surface area contributed by atoms with Crippen LogP contribution in [0.15, 0.2) is 28.9 Å². The quantitative estimate of drug-likeness (QED) is 0.866. The molecule has 0 saturated heterocycles. The molecular weight excluding hydrogens is 262 g/mol. The van der Waals surface area contributed by atoms with Crippen molar-refractivity contribution < 1.29 is 14.6 Å². The van der Waals surface area contributed by atoms with E-state index in [2.05, 4.69) is 15.9 Å². The lowest BCUT2D eigenvalue weighted by atomic mass is 10.2. The summed E-state index contributed by atoms with van der Waals surface area (Å²) in [5, 5.41) is 9.75. The molecule has 1 aromatic heterocycles. The van der Waals surface area contributed by atoms with Gasteiger partial charge < -0.3 is 9.84 Å². The zero-order chi connectivity index (χ0) is 11.0. The second kappa shape index (κ2) is 3.58. The van der Waals surface area contributed by atoms with Gasteiger partial charge in [-0.1, -0.05) is 0 Å². The summed E-state index contributed by atoms with van der Waals surface area (Å²) in [4.78, 5) is 10.9. The number of methoxy groups -OCH3 is 1. The molecular formula is C10H8BrNO3. The summed E-state index contributed by atoms with van der Waals surface area (Å²) < 4.78 is 6.97. The number of nitrogens with zero attached hydrogens (tertiary/aromatic N) is 1. The van der Waals surface area contributed by atoms with Crippen LogP contribution in [-0.2, 0) is 0 Å². The molecule has 1 aromatic carbocycles. The number of hydrogen-bond acceptors (Lipinski definition) is 2. The summed E-state index contributed by atoms with van der Waals surface area (Å²) in [7, 11) is 1.57. The lowest BCUT2D eigenvalue weighted by Crippen LogP contribution is -2.05. The third-order valence-corrected chi connectivity index (χ3v) is 2.80. The molecule has 2 rings (SSSR count). The molecule has 0 aliphatic carbocycles. The van der Waals surface area contributed by atoms with Crippen molar-refractivity contribution >= 4 is 32.9 Å². The molecule has 0 fully saturated rings. The molecule has 15 heavy (non-hydrogen) atoms. The van der Waals surface area contributed by atoms with Crippen LogP contribution in [0.5, 0.6) is 5.75 Å². The second-order valence-electron chi connectivity index (χ2n) is 3.01. The van der Waals surface area contributed by atoms with Crippen LogP contribution in [0.4, 0.5) is 4.79 Å². The standard InChI is InChI=1S/C10H8BrNO3/c1-15-6-2-3-9-7(4-6)8(11)5-12(9)10(13)14/h2-5H,1H3,(H,13,14). The number of ether oxygens (including phenoxy) is 1. The summed E-state index contributed by atoms with van der Waals surface area (Å²) in [6.45, 7) is 0. The van der Waals surface area contributed by atoms with Crippen LogP contribution in [0.25, 0.3) is 10.9 Å². The molecule has 2 aromatic rings. The van der Waals surface area contributed by atoms with Crippen LogP contribution in [0, 0.1) is 0 Å². The fourth-order valence-electron chi connectivity index (χ4n) is 1.45. The lowest BCUT2D eigenvalue weighted by Gasteiger charge is -2.00. The molecule has 0 saturated carbocycles. The first-order valence-corrected chi connectivity index (χ1v) is 5.00. The van der Waals surface area contributed by atoms with Crippen LogP contribution in [0.3, 0.4) is 0 Å². The van der Waals surface area contributed by atoms with E-state index in [4.69, 9.17) is 9.84 Å². The van der Waals surface area contributed by atoms with Gasteiger partial charge in [0.15, 0.2) is 0 Å². The SMILES string of the molecule is COc1ccc2c(c1)c(Br)cn2C(=O)O. The Morgan fingerprint density at radius 3 is 2.87 bits per heavy atom. The highest BCUT2D eigenvalue weighted by Gasteiger charge is 2.11. The number of halogens is 1. The number of fused-ring (bicyclic) bond motifs is 1. The lowest BCUT2D eigenvalue weighted by molar-refractivity contribution is 0.197. The second-order valence-corrected chi connectivity index (χ2v) is 3.87. The van der Waals surface area contributed by atoms with Gasteiger partial charge in [-0.25, -0.2) is 4.79 Å². The topological polar surface area (TPSA) is 51.5 Å². The van der Waals surface area contributed by atoms with Gasteiger partial charge in [0.1, 0.15) is 5.75 Å². The first kappa shape index (κ1) is 10.0. The molecule has 0 atom stereocenters. The molecule has 0 aliphatic rings. The van der Waals surface area contributed by atoms with Gasteiger partial charge in [-0.05, 0) is 34.1 Å². The molecule has 0 unspecified atom stereocenters. The monoisotopic (exact) mass is 269 g/mol. The van der Waals surface area contributed by atoms with Gasteiger partial charge in [0.25, 0.3) is 0 Å². The van der Waals surface area contributed by atoms with E-state index >= 15 is 0 Å². The highest BCUT2D eigenvalue weighted by molar-refractivity contribution is 9.10. The maximum Gasteiger partial charge on any atom is 0.416 e. The average molecular weight is 270 g/mol. The summed E-state index contributed by atoms with van der Waals surface area (Å²) in [5.41, 5.74) is 0.634. The third kappa shape index (κ3) is 1.59. The van der Waals surface area contributed by atoms with E-state index in [-0.39, 0.29) is 0 Å². The zero-order valence-corrected chi connectivity index (χ0v) is 9.48. The van der Waals surface area contributed by atoms with E-state index in [9.17, 15) is 4.79 Å². The van der Waals surface area contributed by atoms with Gasteiger partial charge >= 0.3 is 6.09 Å². The van der Waals surface area contributed by atoms with E-state index in [1.807, 2.05) is 0 Å². The van der Waals surface area contributed by atoms with Crippen molar-refractivity contribution in [3.05, 3.63) is 28.9 Å². The molecule has 0 radical (unpaired) electrons. The largest absolute Gasteiger partial charge is 0.497 e. The number of carboxylic acid groups (broad SMARTS) is 1. The number of hydrogen-bond donors (Lipinski definition) is 1. The highest BCUT2D eigenvalue weighted by Crippen LogP contribution is 2.29. The number of aromatic nitrogens is 1. The van der Waals surface area contributed by atoms with Gasteiger partial charge in [-0.15, -0.1) is 0 Å². The number of carbonyl (C=O) groups is 1. The molecule has 78 valence electrons. The van der Waals surface area contributed by atoms with Crippen LogP contribution in [0.2, 0.25) is 0 Å². The van der Waals surface area contributed by atoms with Crippen molar-refractivity contribution in [2.75, 3.05) is 7.11 Å². The number of rotatable bonds is 1. The molecule has 1 heterocycles. The minimum absolute atomic E-state index is 0.634. The Balaban J connectivity index is 2.75. The molecule has 0 spiro atoms. The van der Waals surface area contributed by atoms with E-state index in [0.29, 0.717) is 11.3 Å². The number of benzene rings is 1. The Morgan fingerprint density at radius 2 is 2.27 bits per heavy atom. The van der Waals surface area contributed by atoms with Gasteiger partial charge in [-0.3, -0.25) is 4.57 Å². The molecule has 5 heteroatoms. The Kier molecular flexibility index (Phi) is 2.40. The van der Waals surface area contributed by atoms with Gasteiger partial charge in [0.2, 0.25) is 0 Å². The van der Waals surface area contributed by atoms with Gasteiger partial charge in [-0.2, -0.15) is 0 Å². The third-order valence-electron chi connectivity index (χ3n) is 2.17. The molecule has 0 amide bonds. The van der Waals surface area contributed by atoms with E-state index in [1.165, 1.54) is 10.8 Å². The van der Waals surface area contributed by atoms with Crippen molar-refractivity contribution in [3.8, 4) is 5.75 Å². The smallest absolute Gasteiger partial charge is 0.416 e. The van der Waals surface area contributed by atoms with E-state index < -0.39 is 6.09 Å². The van der Waals surface area contributed by atoms with Crippen molar-refractivity contribution in [3.63, 3.8) is 0 Å². The minimum Gasteiger partial charge on any atom is -0.497 e. The molecule has 4 nitrogen and oxygen atoms in total. The van der Waals surface area contributed by atoms with Crippen molar-refractivity contribution in [2.45, 2.75) is 0 Å². The van der Waals surface area contributed by atoms with Gasteiger partial charge in [0.05, 0.1) is 12.6 Å². The zero-order valence-electron chi connectivity index (χ0n) is 7.90. The normalized spacial score (nSPS) is 10.5. The minimum atomic E-state index is -1.00. The van der Waals surface area contributed by atoms with Crippen molar-refractivity contribution in [1.29, 1.82) is 0 Å². The van der Waals surface area contributed by atoms with Crippen molar-refractivity contribution in [2.24, 2.45) is 0 Å². The maximum absolute atomic E-state index is 10.9. The summed E-state index contributed by atoms with van der Waals surface area (Å²) in [6, 6.07) is 5.24. The Bertz CT molecular complexity index is 533. The predicted molar refractivity (Wildman–Crippen MR) is 59.6 cm³/mol. The summed E-state index contributed by atoms with van der Waals surface area (Å²) in [6.07, 6.45) is 0.516. The molecule has 1 N–H and O–H groups in total. The summed E-state index contributed by atoms with van der Waals surface area (Å²) >= 11 is 3.31. The van der Waals surface area contributed by atoms with Crippen LogP contribution >= 0.6 is 15.9 Å². The van der Waals surface area contributed by atoms with Crippen LogP contribution in [0.1, 0.15) is 0 Å².